The highest BCUT2D eigenvalue weighted by Crippen LogP contribution is 2.39. The number of ether oxygens (including phenoxy) is 1. The van der Waals surface area contributed by atoms with Gasteiger partial charge in [-0.15, -0.1) is 0 Å². The predicted octanol–water partition coefficient (Wildman–Crippen LogP) is 2.69. The van der Waals surface area contributed by atoms with Crippen LogP contribution in [-0.2, 0) is 16.1 Å². The van der Waals surface area contributed by atoms with Gasteiger partial charge in [0.05, 0.1) is 16.9 Å². The Balaban J connectivity index is 1.40. The van der Waals surface area contributed by atoms with Crippen molar-refractivity contribution in [3.8, 4) is 0 Å². The number of allylic oxidation sites excluding steroid dienone is 2. The van der Waals surface area contributed by atoms with Crippen LogP contribution in [0.15, 0.2) is 47.2 Å². The first-order chi connectivity index (χ1) is 13.9. The summed E-state index contributed by atoms with van der Waals surface area (Å²) in [6.07, 6.45) is 5.09. The predicted molar refractivity (Wildman–Crippen MR) is 108 cm³/mol. The number of nitrogens with zero attached hydrogens (tertiary/aromatic N) is 5. The third-order valence-corrected chi connectivity index (χ3v) is 6.20. The molecule has 1 unspecified atom stereocenters. The van der Waals surface area contributed by atoms with Crippen LogP contribution in [0.2, 0.25) is 0 Å². The average Bonchev–Trinajstić information content (AvgIpc) is 3.14. The highest BCUT2D eigenvalue weighted by Gasteiger charge is 2.37. The monoisotopic (exact) mass is 419 g/mol. The molecule has 2 aliphatic rings. The number of hydrogen-bond acceptors (Lipinski definition) is 5. The van der Waals surface area contributed by atoms with Crippen LogP contribution in [0, 0.1) is 0 Å². The van der Waals surface area contributed by atoms with Gasteiger partial charge in [0.25, 0.3) is 0 Å². The summed E-state index contributed by atoms with van der Waals surface area (Å²) in [7, 11) is 1.57. The van der Waals surface area contributed by atoms with E-state index in [9.17, 15) is 9.18 Å². The number of fused-ring (bicyclic) bond motifs is 1. The molecule has 9 heteroatoms. The third-order valence-electron chi connectivity index (χ3n) is 5.69. The molecule has 2 aromatic heterocycles. The van der Waals surface area contributed by atoms with Gasteiger partial charge in [-0.05, 0) is 25.1 Å². The Bertz CT molecular complexity index is 996. The molecule has 0 spiro atoms. The first kappa shape index (κ1) is 19.8. The number of carbonyl (C=O) groups is 1. The van der Waals surface area contributed by atoms with Crippen molar-refractivity contribution in [2.24, 2.45) is 0 Å². The van der Waals surface area contributed by atoms with Crippen LogP contribution in [0.5, 0.6) is 0 Å². The van der Waals surface area contributed by atoms with E-state index in [1.54, 1.807) is 29.1 Å². The van der Waals surface area contributed by atoms with Gasteiger partial charge in [0.15, 0.2) is 5.65 Å². The summed E-state index contributed by atoms with van der Waals surface area (Å²) in [4.78, 5) is 20.8. The van der Waals surface area contributed by atoms with Gasteiger partial charge in [0.2, 0.25) is 5.91 Å². The van der Waals surface area contributed by atoms with Gasteiger partial charge < -0.3 is 14.5 Å². The molecule has 0 saturated carbocycles. The van der Waals surface area contributed by atoms with Crippen LogP contribution < -0.4 is 0 Å². The average molecular weight is 420 g/mol. The zero-order valence-electron chi connectivity index (χ0n) is 16.4. The number of aromatic nitrogens is 3. The number of carbonyl (C=O) groups excluding carboxylic acids is 1. The minimum atomic E-state index is -0.729. The van der Waals surface area contributed by atoms with E-state index >= 15 is 0 Å². The van der Waals surface area contributed by atoms with E-state index in [0.29, 0.717) is 49.0 Å². The quantitative estimate of drug-likeness (QED) is 0.762. The molecule has 1 amide bonds. The van der Waals surface area contributed by atoms with Crippen LogP contribution in [0.25, 0.3) is 11.0 Å². The fourth-order valence-electron chi connectivity index (χ4n) is 3.75. The van der Waals surface area contributed by atoms with Crippen molar-refractivity contribution in [2.75, 3.05) is 33.3 Å². The van der Waals surface area contributed by atoms with Crippen molar-refractivity contribution >= 4 is 28.5 Å². The zero-order chi connectivity index (χ0) is 20.6. The van der Waals surface area contributed by atoms with Crippen molar-refractivity contribution in [1.82, 2.24) is 24.6 Å². The lowest BCUT2D eigenvalue weighted by Crippen LogP contribution is -2.50. The number of amides is 1. The smallest absolute Gasteiger partial charge is 0.244 e. The highest BCUT2D eigenvalue weighted by molar-refractivity contribution is 6.31. The lowest BCUT2D eigenvalue weighted by Gasteiger charge is -2.41. The second-order valence-corrected chi connectivity index (χ2v) is 7.89. The van der Waals surface area contributed by atoms with Gasteiger partial charge in [-0.1, -0.05) is 11.6 Å². The van der Waals surface area contributed by atoms with Crippen molar-refractivity contribution in [3.05, 3.63) is 47.2 Å². The van der Waals surface area contributed by atoms with E-state index in [0.717, 1.165) is 5.39 Å². The molecular formula is C20H23ClFN5O2. The second-order valence-electron chi connectivity index (χ2n) is 7.48. The van der Waals surface area contributed by atoms with Crippen molar-refractivity contribution in [1.29, 1.82) is 0 Å². The summed E-state index contributed by atoms with van der Waals surface area (Å²) < 4.78 is 21.7. The Morgan fingerprint density at radius 2 is 2.10 bits per heavy atom. The number of rotatable bonds is 4. The number of hydrogen-bond donors (Lipinski definition) is 0. The van der Waals surface area contributed by atoms with Crippen LogP contribution >= 0.6 is 11.6 Å². The molecule has 0 N–H and O–H groups in total. The van der Waals surface area contributed by atoms with Crippen LogP contribution in [-0.4, -0.2) is 69.4 Å². The van der Waals surface area contributed by atoms with Crippen LogP contribution in [0.1, 0.15) is 13.3 Å². The highest BCUT2D eigenvalue weighted by atomic mass is 35.5. The summed E-state index contributed by atoms with van der Waals surface area (Å²) in [5, 5.41) is 5.52. The van der Waals surface area contributed by atoms with Gasteiger partial charge >= 0.3 is 0 Å². The fourth-order valence-corrected chi connectivity index (χ4v) is 3.99. The van der Waals surface area contributed by atoms with Crippen molar-refractivity contribution < 1.29 is 13.9 Å². The van der Waals surface area contributed by atoms with Gasteiger partial charge in [-0.25, -0.2) is 14.1 Å². The Morgan fingerprint density at radius 3 is 2.83 bits per heavy atom. The zero-order valence-corrected chi connectivity index (χ0v) is 17.2. The number of halogens is 2. The molecule has 4 rings (SSSR count). The summed E-state index contributed by atoms with van der Waals surface area (Å²) in [6, 6.07) is 3.75. The molecule has 2 aromatic rings. The normalized spacial score (nSPS) is 23.0. The Hall–Kier alpha value is -2.45. The largest absolute Gasteiger partial charge is 0.372 e. The molecule has 0 radical (unpaired) electrons. The lowest BCUT2D eigenvalue weighted by molar-refractivity contribution is -0.133. The summed E-state index contributed by atoms with van der Waals surface area (Å²) in [6.45, 7) is 4.13. The maximum atomic E-state index is 14.5. The van der Waals surface area contributed by atoms with Crippen molar-refractivity contribution in [3.63, 3.8) is 0 Å². The molecule has 0 bridgehead atoms. The van der Waals surface area contributed by atoms with E-state index in [1.165, 1.54) is 6.08 Å². The van der Waals surface area contributed by atoms with Crippen molar-refractivity contribution in [2.45, 2.75) is 25.5 Å². The molecule has 154 valence electrons. The molecule has 7 nitrogen and oxygen atoms in total. The summed E-state index contributed by atoms with van der Waals surface area (Å²) >= 11 is 6.17. The summed E-state index contributed by atoms with van der Waals surface area (Å²) in [5.74, 6) is -0.360. The maximum absolute atomic E-state index is 14.5. The third kappa shape index (κ3) is 3.74. The standard InChI is InChI=1S/C20H23ClFN5O2/c1-20(29-2)11-16(15(22)10-17(20)21)25-6-8-26(9-7-25)18(28)13-27-19-14(12-24-27)4-3-5-23-19/h3-5,10,12H,6-9,11,13H2,1-2H3. The number of methoxy groups -OCH3 is 1. The minimum Gasteiger partial charge on any atom is -0.372 e. The molecule has 3 heterocycles. The molecule has 1 aliphatic heterocycles. The Morgan fingerprint density at radius 1 is 1.34 bits per heavy atom. The fraction of sp³-hybridized carbons (Fsp3) is 0.450. The molecule has 29 heavy (non-hydrogen) atoms. The van der Waals surface area contributed by atoms with Gasteiger partial charge in [0.1, 0.15) is 18.0 Å². The van der Waals surface area contributed by atoms with Crippen LogP contribution in [0.3, 0.4) is 0 Å². The molecule has 1 atom stereocenters. The minimum absolute atomic E-state index is 0.0249. The Kier molecular flexibility index (Phi) is 5.31. The van der Waals surface area contributed by atoms with Gasteiger partial charge in [0, 0.05) is 51.3 Å². The van der Waals surface area contributed by atoms with E-state index in [1.807, 2.05) is 24.0 Å². The molecule has 1 saturated heterocycles. The van der Waals surface area contributed by atoms with Gasteiger partial charge in [-0.3, -0.25) is 4.79 Å². The SMILES string of the molecule is COC1(C)CC(N2CCN(C(=O)Cn3ncc4cccnc43)CC2)=C(F)C=C1Cl. The molecule has 0 aromatic carbocycles. The topological polar surface area (TPSA) is 63.5 Å². The molecular weight excluding hydrogens is 397 g/mol. The number of piperazine rings is 1. The Labute approximate surface area is 173 Å². The number of pyridine rings is 1. The summed E-state index contributed by atoms with van der Waals surface area (Å²) in [5.41, 5.74) is 0.540. The van der Waals surface area contributed by atoms with Gasteiger partial charge in [-0.2, -0.15) is 5.10 Å². The molecule has 1 aliphatic carbocycles. The van der Waals surface area contributed by atoms with E-state index < -0.39 is 5.60 Å². The second kappa shape index (κ2) is 7.76. The van der Waals surface area contributed by atoms with E-state index in [2.05, 4.69) is 10.1 Å². The first-order valence-corrected chi connectivity index (χ1v) is 9.90. The first-order valence-electron chi connectivity index (χ1n) is 9.52. The van der Waals surface area contributed by atoms with Crippen LogP contribution in [0.4, 0.5) is 4.39 Å². The lowest BCUT2D eigenvalue weighted by atomic mass is 9.93. The maximum Gasteiger partial charge on any atom is 0.244 e. The van der Waals surface area contributed by atoms with E-state index in [-0.39, 0.29) is 18.3 Å². The van der Waals surface area contributed by atoms with E-state index in [4.69, 9.17) is 16.3 Å². The molecule has 1 fully saturated rings.